The topological polar surface area (TPSA) is 175 Å². The van der Waals surface area contributed by atoms with Gasteiger partial charge in [0, 0.05) is 19.3 Å². The van der Waals surface area contributed by atoms with Crippen LogP contribution in [0.25, 0.3) is 0 Å². The van der Waals surface area contributed by atoms with E-state index >= 15 is 0 Å². The van der Waals surface area contributed by atoms with Gasteiger partial charge in [0.05, 0.1) is 6.61 Å². The molecule has 0 bridgehead atoms. The molecule has 79 heavy (non-hydrogen) atoms. The standard InChI is InChI=1S/C67H112O12/c1-4-7-10-13-16-19-22-25-27-29-30-32-33-36-38-41-44-47-50-53-59(68)75-56-58(77-60(69)54-51-48-45-42-40-37-34-31-28-26-23-20-17-14-11-8-5-2)57-76-67-65(63(72)62(71)64(79-67)66(73)74)78-61(70)55-52-49-46-43-39-35-24-21-18-15-12-9-6-3/h8,11-12,15-17,19-21,24-28,58,62-65,67,71-72H,4-7,9-10,13-14,18,22-23,29-57H2,1-3H3,(H,73,74)/b11-8-,15-12-,19-16-,20-17-,24-21-,27-25-,28-26-. The Kier molecular flexibility index (Phi) is 50.3. The molecule has 0 amide bonds. The van der Waals surface area contributed by atoms with E-state index in [1.807, 2.05) is 0 Å². The van der Waals surface area contributed by atoms with Gasteiger partial charge in [0.15, 0.2) is 24.6 Å². The highest BCUT2D eigenvalue weighted by molar-refractivity contribution is 5.74. The maximum atomic E-state index is 13.2. The van der Waals surface area contributed by atoms with Gasteiger partial charge in [0.25, 0.3) is 0 Å². The highest BCUT2D eigenvalue weighted by atomic mass is 16.7. The molecule has 0 aromatic rings. The van der Waals surface area contributed by atoms with Gasteiger partial charge in [-0.2, -0.15) is 0 Å². The van der Waals surface area contributed by atoms with Crippen molar-refractivity contribution in [1.29, 1.82) is 0 Å². The number of rotatable bonds is 53. The molecule has 6 atom stereocenters. The minimum atomic E-state index is -1.91. The second-order valence-corrected chi connectivity index (χ2v) is 21.3. The van der Waals surface area contributed by atoms with Gasteiger partial charge in [0.2, 0.25) is 0 Å². The lowest BCUT2D eigenvalue weighted by molar-refractivity contribution is -0.301. The van der Waals surface area contributed by atoms with Crippen molar-refractivity contribution in [2.75, 3.05) is 13.2 Å². The summed E-state index contributed by atoms with van der Waals surface area (Å²) >= 11 is 0. The average Bonchev–Trinajstić information content (AvgIpc) is 3.46. The predicted octanol–water partition coefficient (Wildman–Crippen LogP) is 16.7. The van der Waals surface area contributed by atoms with Gasteiger partial charge >= 0.3 is 23.9 Å². The summed E-state index contributed by atoms with van der Waals surface area (Å²) in [6.07, 6.45) is 58.3. The van der Waals surface area contributed by atoms with E-state index in [0.717, 1.165) is 148 Å². The van der Waals surface area contributed by atoms with Gasteiger partial charge in [-0.15, -0.1) is 0 Å². The number of aliphatic carboxylic acids is 1. The molecule has 1 heterocycles. The molecule has 1 fully saturated rings. The molecule has 1 aliphatic heterocycles. The van der Waals surface area contributed by atoms with E-state index in [4.69, 9.17) is 23.7 Å². The number of hydrogen-bond donors (Lipinski definition) is 3. The normalized spacial score (nSPS) is 18.4. The Morgan fingerprint density at radius 1 is 0.430 bits per heavy atom. The van der Waals surface area contributed by atoms with E-state index in [-0.39, 0.29) is 25.9 Å². The first-order valence-corrected chi connectivity index (χ1v) is 31.6. The molecule has 12 nitrogen and oxygen atoms in total. The first-order chi connectivity index (χ1) is 38.6. The Labute approximate surface area is 480 Å². The van der Waals surface area contributed by atoms with Gasteiger partial charge in [-0.05, 0) is 109 Å². The van der Waals surface area contributed by atoms with E-state index in [2.05, 4.69) is 106 Å². The lowest BCUT2D eigenvalue weighted by Crippen LogP contribution is -2.61. The van der Waals surface area contributed by atoms with Crippen LogP contribution in [0.1, 0.15) is 265 Å². The minimum Gasteiger partial charge on any atom is -0.479 e. The number of allylic oxidation sites excluding steroid dienone is 14. The van der Waals surface area contributed by atoms with Gasteiger partial charge in [-0.25, -0.2) is 4.79 Å². The summed E-state index contributed by atoms with van der Waals surface area (Å²) < 4.78 is 28.5. The van der Waals surface area contributed by atoms with Crippen molar-refractivity contribution in [3.8, 4) is 0 Å². The van der Waals surface area contributed by atoms with Crippen molar-refractivity contribution in [1.82, 2.24) is 0 Å². The van der Waals surface area contributed by atoms with Crippen LogP contribution in [0.3, 0.4) is 0 Å². The van der Waals surface area contributed by atoms with Gasteiger partial charge in [-0.1, -0.05) is 221 Å². The summed E-state index contributed by atoms with van der Waals surface area (Å²) in [6, 6.07) is 0. The molecule has 12 heteroatoms. The Morgan fingerprint density at radius 3 is 1.27 bits per heavy atom. The number of aliphatic hydroxyl groups excluding tert-OH is 2. The molecule has 452 valence electrons. The summed E-state index contributed by atoms with van der Waals surface area (Å²) in [5, 5.41) is 31.5. The highest BCUT2D eigenvalue weighted by Gasteiger charge is 2.50. The molecule has 0 aliphatic carbocycles. The third-order valence-corrected chi connectivity index (χ3v) is 13.9. The summed E-state index contributed by atoms with van der Waals surface area (Å²) in [5.74, 6) is -3.15. The fourth-order valence-corrected chi connectivity index (χ4v) is 9.10. The van der Waals surface area contributed by atoms with Crippen molar-refractivity contribution < 1.29 is 58.2 Å². The van der Waals surface area contributed by atoms with Crippen LogP contribution >= 0.6 is 0 Å². The van der Waals surface area contributed by atoms with Gasteiger partial charge < -0.3 is 39.0 Å². The van der Waals surface area contributed by atoms with Crippen LogP contribution in [0.5, 0.6) is 0 Å². The molecule has 0 spiro atoms. The van der Waals surface area contributed by atoms with E-state index in [1.165, 1.54) is 57.8 Å². The van der Waals surface area contributed by atoms with E-state index in [9.17, 15) is 34.5 Å². The van der Waals surface area contributed by atoms with Crippen LogP contribution in [0, 0.1) is 0 Å². The number of carboxylic acid groups (broad SMARTS) is 1. The van der Waals surface area contributed by atoms with Crippen LogP contribution < -0.4 is 0 Å². The summed E-state index contributed by atoms with van der Waals surface area (Å²) in [7, 11) is 0. The third-order valence-electron chi connectivity index (χ3n) is 13.9. The maximum Gasteiger partial charge on any atom is 0.335 e. The molecule has 0 aromatic carbocycles. The average molecular weight is 1110 g/mol. The summed E-state index contributed by atoms with van der Waals surface area (Å²) in [6.45, 7) is 5.79. The molecular formula is C67H112O12. The molecule has 3 N–H and O–H groups in total. The molecule has 1 rings (SSSR count). The minimum absolute atomic E-state index is 0.0402. The zero-order chi connectivity index (χ0) is 57.5. The number of hydrogen-bond acceptors (Lipinski definition) is 11. The Bertz CT molecular complexity index is 1700. The summed E-state index contributed by atoms with van der Waals surface area (Å²) in [4.78, 5) is 51.3. The van der Waals surface area contributed by atoms with E-state index < -0.39 is 67.3 Å². The third kappa shape index (κ3) is 44.3. The lowest BCUT2D eigenvalue weighted by Gasteiger charge is -2.40. The largest absolute Gasteiger partial charge is 0.479 e. The number of unbranched alkanes of at least 4 members (excludes halogenated alkanes) is 25. The number of esters is 3. The van der Waals surface area contributed by atoms with Crippen LogP contribution in [-0.2, 0) is 42.9 Å². The molecule has 0 aromatic heterocycles. The zero-order valence-corrected chi connectivity index (χ0v) is 49.8. The first kappa shape index (κ1) is 72.9. The molecule has 0 radical (unpaired) electrons. The maximum absolute atomic E-state index is 13.2. The number of ether oxygens (including phenoxy) is 5. The van der Waals surface area contributed by atoms with Crippen LogP contribution in [0.2, 0.25) is 0 Å². The van der Waals surface area contributed by atoms with Gasteiger partial charge in [0.1, 0.15) is 18.8 Å². The van der Waals surface area contributed by atoms with Crippen molar-refractivity contribution in [3.05, 3.63) is 85.1 Å². The van der Waals surface area contributed by atoms with E-state index in [1.54, 1.807) is 0 Å². The number of carboxylic acids is 1. The predicted molar refractivity (Wildman–Crippen MR) is 321 cm³/mol. The molecule has 0 saturated carbocycles. The van der Waals surface area contributed by atoms with Gasteiger partial charge in [-0.3, -0.25) is 14.4 Å². The van der Waals surface area contributed by atoms with Crippen LogP contribution in [-0.4, -0.2) is 89.2 Å². The fourth-order valence-electron chi connectivity index (χ4n) is 9.10. The number of aliphatic hydroxyl groups is 2. The van der Waals surface area contributed by atoms with Crippen molar-refractivity contribution in [2.45, 2.75) is 302 Å². The van der Waals surface area contributed by atoms with Crippen LogP contribution in [0.4, 0.5) is 0 Å². The monoisotopic (exact) mass is 1110 g/mol. The van der Waals surface area contributed by atoms with Crippen molar-refractivity contribution in [3.63, 3.8) is 0 Å². The summed E-state index contributed by atoms with van der Waals surface area (Å²) in [5.41, 5.74) is 0. The molecular weight excluding hydrogens is 997 g/mol. The second-order valence-electron chi connectivity index (χ2n) is 21.3. The smallest absolute Gasteiger partial charge is 0.335 e. The molecule has 1 aliphatic rings. The SMILES string of the molecule is CC/C=C\C/C=C\C/C=C\CCCCCCCCCC(=O)OC(COC(=O)CCCCCCCCCCC/C=C\C/C=C\CCCCC)COC1OC(C(=O)O)C(O)C(O)C1OC(=O)CCCCCCC/C=C\C/C=C\CCC. The van der Waals surface area contributed by atoms with Crippen molar-refractivity contribution >= 4 is 23.9 Å². The Morgan fingerprint density at radius 2 is 0.823 bits per heavy atom. The lowest BCUT2D eigenvalue weighted by atomic mass is 9.98. The molecule has 6 unspecified atom stereocenters. The van der Waals surface area contributed by atoms with E-state index in [0.29, 0.717) is 19.3 Å². The second kappa shape index (κ2) is 54.5. The fraction of sp³-hybridized carbons (Fsp3) is 0.731. The Balaban J connectivity index is 2.67. The van der Waals surface area contributed by atoms with Crippen LogP contribution in [0.15, 0.2) is 85.1 Å². The first-order valence-electron chi connectivity index (χ1n) is 31.6. The van der Waals surface area contributed by atoms with Crippen molar-refractivity contribution in [2.24, 2.45) is 0 Å². The highest BCUT2D eigenvalue weighted by Crippen LogP contribution is 2.26. The Hall–Kier alpha value is -4.10. The zero-order valence-electron chi connectivity index (χ0n) is 49.8. The quantitative estimate of drug-likeness (QED) is 0.0228. The molecule has 1 saturated heterocycles. The number of carbonyl (C=O) groups excluding carboxylic acids is 3. The number of carbonyl (C=O) groups is 4.